The van der Waals surface area contributed by atoms with Crippen LogP contribution in [0.3, 0.4) is 0 Å². The van der Waals surface area contributed by atoms with Crippen molar-refractivity contribution in [2.75, 3.05) is 13.1 Å². The molecule has 0 rings (SSSR count). The molecule has 0 aliphatic carbocycles. The highest BCUT2D eigenvalue weighted by Gasteiger charge is 2.18. The molecule has 0 amide bonds. The van der Waals surface area contributed by atoms with E-state index >= 15 is 0 Å². The Hall–Kier alpha value is -0.910. The fraction of sp³-hybridized carbons (Fsp3) is 0.667. The number of nitrogens with two attached hydrogens (primary N) is 1. The third kappa shape index (κ3) is 4.96. The molecule has 0 radical (unpaired) electrons. The Morgan fingerprint density at radius 1 is 1.71 bits per heavy atom. The first-order valence-corrected chi connectivity index (χ1v) is 4.47. The molecule has 14 heavy (non-hydrogen) atoms. The third-order valence-electron chi connectivity index (χ3n) is 1.51. The van der Waals surface area contributed by atoms with E-state index < -0.39 is 18.3 Å². The Bertz CT molecular complexity index is 204. The number of aliphatic hydroxyl groups excluding tert-OH is 1. The van der Waals surface area contributed by atoms with E-state index in [2.05, 4.69) is 11.9 Å². The molecular formula is C9H18N2O3. The molecule has 82 valence electrons. The standard InChI is InChI=1S/C9H18N2O3/c1-6(2)9(13)14-8(7(3)12)11-5-4-10/h7-8,11-12H,1,4-5,10H2,2-3H3. The quantitative estimate of drug-likeness (QED) is 0.303. The second kappa shape index (κ2) is 6.53. The number of carbonyl (C=O) groups is 1. The van der Waals surface area contributed by atoms with Crippen LogP contribution in [-0.2, 0) is 9.53 Å². The average Bonchev–Trinajstić information content (AvgIpc) is 2.10. The molecule has 0 spiro atoms. The number of hydrogen-bond acceptors (Lipinski definition) is 5. The van der Waals surface area contributed by atoms with Gasteiger partial charge >= 0.3 is 5.97 Å². The zero-order chi connectivity index (χ0) is 11.1. The zero-order valence-electron chi connectivity index (χ0n) is 8.62. The number of esters is 1. The monoisotopic (exact) mass is 202 g/mol. The Morgan fingerprint density at radius 3 is 2.64 bits per heavy atom. The van der Waals surface area contributed by atoms with Crippen molar-refractivity contribution in [3.05, 3.63) is 12.2 Å². The zero-order valence-corrected chi connectivity index (χ0v) is 8.62. The first-order valence-electron chi connectivity index (χ1n) is 4.47. The number of ether oxygens (including phenoxy) is 1. The van der Waals surface area contributed by atoms with E-state index in [1.165, 1.54) is 6.92 Å². The first kappa shape index (κ1) is 13.1. The molecule has 2 atom stereocenters. The number of hydrogen-bond donors (Lipinski definition) is 3. The van der Waals surface area contributed by atoms with E-state index in [0.717, 1.165) is 0 Å². The molecule has 0 aliphatic heterocycles. The smallest absolute Gasteiger partial charge is 0.334 e. The SMILES string of the molecule is C=C(C)C(=O)OC(NCCN)C(C)O. The van der Waals surface area contributed by atoms with Gasteiger partial charge in [0.1, 0.15) is 6.10 Å². The molecule has 0 heterocycles. The Morgan fingerprint density at radius 2 is 2.29 bits per heavy atom. The average molecular weight is 202 g/mol. The molecular weight excluding hydrogens is 184 g/mol. The van der Waals surface area contributed by atoms with E-state index in [9.17, 15) is 9.90 Å². The molecule has 0 aromatic rings. The Labute approximate surface area is 83.9 Å². The number of rotatable bonds is 6. The van der Waals surface area contributed by atoms with Gasteiger partial charge in [-0.1, -0.05) is 6.58 Å². The summed E-state index contributed by atoms with van der Waals surface area (Å²) in [5.41, 5.74) is 5.56. The minimum atomic E-state index is -0.787. The molecule has 0 saturated carbocycles. The van der Waals surface area contributed by atoms with Crippen molar-refractivity contribution < 1.29 is 14.6 Å². The predicted molar refractivity (Wildman–Crippen MR) is 53.4 cm³/mol. The van der Waals surface area contributed by atoms with E-state index in [1.807, 2.05) is 0 Å². The van der Waals surface area contributed by atoms with Crippen LogP contribution in [0, 0.1) is 0 Å². The van der Waals surface area contributed by atoms with E-state index in [1.54, 1.807) is 6.92 Å². The van der Waals surface area contributed by atoms with Crippen LogP contribution < -0.4 is 11.1 Å². The summed E-state index contributed by atoms with van der Waals surface area (Å²) in [4.78, 5) is 11.1. The third-order valence-corrected chi connectivity index (χ3v) is 1.51. The second-order valence-corrected chi connectivity index (χ2v) is 3.09. The van der Waals surface area contributed by atoms with Gasteiger partial charge in [-0.25, -0.2) is 4.79 Å². The van der Waals surface area contributed by atoms with Crippen LogP contribution in [-0.4, -0.2) is 36.5 Å². The van der Waals surface area contributed by atoms with Crippen LogP contribution in [0.2, 0.25) is 0 Å². The minimum Gasteiger partial charge on any atom is -0.440 e. The van der Waals surface area contributed by atoms with Gasteiger partial charge in [0.2, 0.25) is 0 Å². The summed E-state index contributed by atoms with van der Waals surface area (Å²) in [5, 5.41) is 12.1. The lowest BCUT2D eigenvalue weighted by Crippen LogP contribution is -2.44. The van der Waals surface area contributed by atoms with E-state index in [4.69, 9.17) is 10.5 Å². The summed E-state index contributed by atoms with van der Waals surface area (Å²) in [6.45, 7) is 7.39. The molecule has 0 saturated heterocycles. The van der Waals surface area contributed by atoms with Gasteiger partial charge < -0.3 is 15.6 Å². The highest BCUT2D eigenvalue weighted by atomic mass is 16.6. The van der Waals surface area contributed by atoms with Gasteiger partial charge in [-0.05, 0) is 13.8 Å². The maximum atomic E-state index is 11.1. The summed E-state index contributed by atoms with van der Waals surface area (Å²) in [6.07, 6.45) is -1.52. The van der Waals surface area contributed by atoms with Crippen LogP contribution in [0.25, 0.3) is 0 Å². The summed E-state index contributed by atoms with van der Waals surface area (Å²) >= 11 is 0. The van der Waals surface area contributed by atoms with E-state index in [0.29, 0.717) is 18.7 Å². The van der Waals surface area contributed by atoms with Gasteiger partial charge in [0.25, 0.3) is 0 Å². The predicted octanol–water partition coefficient (Wildman–Crippen LogP) is -0.639. The van der Waals surface area contributed by atoms with Crippen molar-refractivity contribution in [3.63, 3.8) is 0 Å². The lowest BCUT2D eigenvalue weighted by atomic mass is 10.3. The molecule has 0 aromatic heterocycles. The summed E-state index contributed by atoms with van der Waals surface area (Å²) in [6, 6.07) is 0. The first-order chi connectivity index (χ1) is 6.49. The number of aliphatic hydroxyl groups is 1. The van der Waals surface area contributed by atoms with Crippen LogP contribution in [0.1, 0.15) is 13.8 Å². The highest BCUT2D eigenvalue weighted by Crippen LogP contribution is 2.00. The van der Waals surface area contributed by atoms with E-state index in [-0.39, 0.29) is 0 Å². The van der Waals surface area contributed by atoms with Crippen LogP contribution >= 0.6 is 0 Å². The summed E-state index contributed by atoms with van der Waals surface area (Å²) in [5.74, 6) is -0.527. The maximum absolute atomic E-state index is 11.1. The van der Waals surface area contributed by atoms with Gasteiger partial charge in [0.05, 0.1) is 0 Å². The molecule has 5 nitrogen and oxygen atoms in total. The number of nitrogens with one attached hydrogen (secondary N) is 1. The molecule has 4 N–H and O–H groups in total. The van der Waals surface area contributed by atoms with Crippen molar-refractivity contribution in [2.45, 2.75) is 26.2 Å². The van der Waals surface area contributed by atoms with Crippen LogP contribution in [0.4, 0.5) is 0 Å². The molecule has 0 fully saturated rings. The Kier molecular flexibility index (Phi) is 6.11. The van der Waals surface area contributed by atoms with Gasteiger partial charge in [-0.15, -0.1) is 0 Å². The van der Waals surface area contributed by atoms with Crippen molar-refractivity contribution in [3.8, 4) is 0 Å². The van der Waals surface area contributed by atoms with Crippen LogP contribution in [0.15, 0.2) is 12.2 Å². The molecule has 0 aliphatic rings. The topological polar surface area (TPSA) is 84.6 Å². The largest absolute Gasteiger partial charge is 0.440 e. The minimum absolute atomic E-state index is 0.296. The Balaban J connectivity index is 4.09. The molecule has 2 unspecified atom stereocenters. The van der Waals surface area contributed by atoms with Crippen molar-refractivity contribution in [1.29, 1.82) is 0 Å². The van der Waals surface area contributed by atoms with Gasteiger partial charge in [0.15, 0.2) is 6.23 Å². The van der Waals surface area contributed by atoms with Gasteiger partial charge in [0, 0.05) is 18.7 Å². The fourth-order valence-corrected chi connectivity index (χ4v) is 0.752. The molecule has 0 bridgehead atoms. The highest BCUT2D eigenvalue weighted by molar-refractivity contribution is 5.87. The summed E-state index contributed by atoms with van der Waals surface area (Å²) < 4.78 is 4.92. The van der Waals surface area contributed by atoms with Crippen molar-refractivity contribution in [1.82, 2.24) is 5.32 Å². The van der Waals surface area contributed by atoms with Gasteiger partial charge in [-0.2, -0.15) is 0 Å². The summed E-state index contributed by atoms with van der Waals surface area (Å²) in [7, 11) is 0. The van der Waals surface area contributed by atoms with Crippen molar-refractivity contribution in [2.24, 2.45) is 5.73 Å². The lowest BCUT2D eigenvalue weighted by Gasteiger charge is -2.21. The van der Waals surface area contributed by atoms with Crippen LogP contribution in [0.5, 0.6) is 0 Å². The normalized spacial score (nSPS) is 14.6. The molecule has 5 heteroatoms. The maximum Gasteiger partial charge on any atom is 0.334 e. The second-order valence-electron chi connectivity index (χ2n) is 3.09. The van der Waals surface area contributed by atoms with Crippen molar-refractivity contribution >= 4 is 5.97 Å². The fourth-order valence-electron chi connectivity index (χ4n) is 0.752. The van der Waals surface area contributed by atoms with Gasteiger partial charge in [-0.3, -0.25) is 5.32 Å². The lowest BCUT2D eigenvalue weighted by molar-refractivity contribution is -0.151. The molecule has 0 aromatic carbocycles. The number of carbonyl (C=O) groups excluding carboxylic acids is 1.